The van der Waals surface area contributed by atoms with E-state index in [0.29, 0.717) is 23.2 Å². The molecule has 4 aliphatic rings. The number of hydrogen-bond donors (Lipinski definition) is 2. The number of hydrogen-bond acceptors (Lipinski definition) is 4. The van der Waals surface area contributed by atoms with Gasteiger partial charge in [0.15, 0.2) is 5.76 Å². The largest absolute Gasteiger partial charge is 0.465 e. The molecular weight excluding hydrogens is 370 g/mol. The quantitative estimate of drug-likeness (QED) is 0.813. The summed E-state index contributed by atoms with van der Waals surface area (Å²) in [6.45, 7) is 3.80. The fourth-order valence-electron chi connectivity index (χ4n) is 3.74. The molecule has 0 unspecified atom stereocenters. The molecular formula is C22H27N3O4. The number of fused-ring (bicyclic) bond motifs is 4. The van der Waals surface area contributed by atoms with Crippen LogP contribution < -0.4 is 5.32 Å². The minimum atomic E-state index is -1.11. The van der Waals surface area contributed by atoms with Crippen LogP contribution in [0, 0.1) is 0 Å². The molecule has 154 valence electrons. The minimum absolute atomic E-state index is 0.0471. The third-order valence-corrected chi connectivity index (χ3v) is 5.51. The van der Waals surface area contributed by atoms with Crippen molar-refractivity contribution in [1.29, 1.82) is 0 Å². The van der Waals surface area contributed by atoms with Gasteiger partial charge in [0.05, 0.1) is 0 Å². The number of nitrogens with zero attached hydrogens (tertiary/aromatic N) is 2. The second-order valence-electron chi connectivity index (χ2n) is 7.80. The third-order valence-electron chi connectivity index (χ3n) is 5.51. The van der Waals surface area contributed by atoms with Gasteiger partial charge in [-0.2, -0.15) is 0 Å². The van der Waals surface area contributed by atoms with E-state index in [4.69, 9.17) is 9.52 Å². The fraction of sp³-hybridized carbons (Fsp3) is 0.455. The van der Waals surface area contributed by atoms with Gasteiger partial charge in [0.25, 0.3) is 5.91 Å². The molecule has 3 aliphatic heterocycles. The number of rotatable bonds is 3. The smallest absolute Gasteiger partial charge is 0.409 e. The van der Waals surface area contributed by atoms with Gasteiger partial charge in [-0.05, 0) is 49.2 Å². The number of nitrogens with one attached hydrogen (secondary N) is 1. The molecule has 29 heavy (non-hydrogen) atoms. The van der Waals surface area contributed by atoms with Crippen molar-refractivity contribution in [1.82, 2.24) is 9.80 Å². The third kappa shape index (κ3) is 4.98. The minimum Gasteiger partial charge on any atom is -0.465 e. The first kappa shape index (κ1) is 19.5. The molecule has 3 saturated heterocycles. The van der Waals surface area contributed by atoms with Crippen molar-refractivity contribution in [3.63, 3.8) is 0 Å². The van der Waals surface area contributed by atoms with Gasteiger partial charge in [-0.25, -0.2) is 4.79 Å². The summed E-state index contributed by atoms with van der Waals surface area (Å²) in [5.74, 6) is 0.903. The molecule has 7 nitrogen and oxygen atoms in total. The average molecular weight is 397 g/mol. The van der Waals surface area contributed by atoms with Crippen molar-refractivity contribution in [3.05, 3.63) is 42.2 Å². The van der Waals surface area contributed by atoms with Crippen LogP contribution in [0.3, 0.4) is 0 Å². The molecule has 2 aromatic rings. The maximum absolute atomic E-state index is 12.9. The number of anilines is 1. The standard InChI is InChI=1S/C19H21N3O4.C3H6/c23-18(22-12-11-21-9-7-15(22)8-10-21)17-6-5-16(26-17)13-1-3-14(4-2-13)20-19(24)25;1-2-3-1/h1-6,15,20H,7-12H2,(H,24,25);1-3H2. The van der Waals surface area contributed by atoms with Gasteiger partial charge in [0.2, 0.25) is 0 Å². The van der Waals surface area contributed by atoms with Gasteiger partial charge >= 0.3 is 6.09 Å². The molecule has 6 rings (SSSR count). The summed E-state index contributed by atoms with van der Waals surface area (Å²) in [7, 11) is 0. The van der Waals surface area contributed by atoms with E-state index in [2.05, 4.69) is 10.2 Å². The molecule has 1 aromatic heterocycles. The predicted molar refractivity (Wildman–Crippen MR) is 110 cm³/mol. The number of carboxylic acid groups (broad SMARTS) is 1. The van der Waals surface area contributed by atoms with Crippen molar-refractivity contribution in [3.8, 4) is 11.3 Å². The molecule has 2 bridgehead atoms. The highest BCUT2D eigenvalue weighted by atomic mass is 16.4. The van der Waals surface area contributed by atoms with E-state index in [0.717, 1.165) is 44.6 Å². The van der Waals surface area contributed by atoms with E-state index >= 15 is 0 Å². The topological polar surface area (TPSA) is 86.0 Å². The Morgan fingerprint density at radius 1 is 0.931 bits per heavy atom. The van der Waals surface area contributed by atoms with E-state index in [1.54, 1.807) is 36.4 Å². The van der Waals surface area contributed by atoms with Crippen molar-refractivity contribution < 1.29 is 19.1 Å². The van der Waals surface area contributed by atoms with E-state index < -0.39 is 6.09 Å². The van der Waals surface area contributed by atoms with Gasteiger partial charge in [0.1, 0.15) is 5.76 Å². The van der Waals surface area contributed by atoms with E-state index in [1.807, 2.05) is 4.90 Å². The van der Waals surface area contributed by atoms with Gasteiger partial charge < -0.3 is 19.3 Å². The monoisotopic (exact) mass is 397 g/mol. The maximum Gasteiger partial charge on any atom is 0.409 e. The highest BCUT2D eigenvalue weighted by Gasteiger charge is 2.33. The Morgan fingerprint density at radius 3 is 2.24 bits per heavy atom. The Bertz CT molecular complexity index is 848. The lowest BCUT2D eigenvalue weighted by molar-refractivity contribution is 0.0653. The summed E-state index contributed by atoms with van der Waals surface area (Å²) in [6, 6.07) is 10.7. The molecule has 4 fully saturated rings. The van der Waals surface area contributed by atoms with Crippen LogP contribution >= 0.6 is 0 Å². The molecule has 1 aliphatic carbocycles. The van der Waals surface area contributed by atoms with E-state index in [9.17, 15) is 9.59 Å². The SMILES string of the molecule is C1CC1.O=C(O)Nc1ccc(-c2ccc(C(=O)N3CCN4CCC3CC4)o2)cc1. The number of carbonyl (C=O) groups is 2. The molecule has 0 spiro atoms. The van der Waals surface area contributed by atoms with Crippen LogP contribution in [-0.4, -0.2) is 59.1 Å². The molecule has 1 saturated carbocycles. The number of amides is 2. The molecule has 2 N–H and O–H groups in total. The van der Waals surface area contributed by atoms with Crippen LogP contribution in [0.1, 0.15) is 42.7 Å². The van der Waals surface area contributed by atoms with Crippen molar-refractivity contribution >= 4 is 17.7 Å². The summed E-state index contributed by atoms with van der Waals surface area (Å²) in [6.07, 6.45) is 5.45. The first-order valence-electron chi connectivity index (χ1n) is 10.3. The molecule has 7 heteroatoms. The van der Waals surface area contributed by atoms with Gasteiger partial charge in [-0.1, -0.05) is 19.3 Å². The van der Waals surface area contributed by atoms with Crippen molar-refractivity contribution in [2.45, 2.75) is 38.1 Å². The number of piperidine rings is 1. The summed E-state index contributed by atoms with van der Waals surface area (Å²) < 4.78 is 5.81. The number of benzene rings is 1. The Kier molecular flexibility index (Phi) is 5.85. The lowest BCUT2D eigenvalue weighted by atomic mass is 10.1. The molecule has 0 atom stereocenters. The summed E-state index contributed by atoms with van der Waals surface area (Å²) in [5.41, 5.74) is 1.28. The summed E-state index contributed by atoms with van der Waals surface area (Å²) in [4.78, 5) is 27.9. The van der Waals surface area contributed by atoms with Crippen LogP contribution in [0.25, 0.3) is 11.3 Å². The Hall–Kier alpha value is -2.80. The second kappa shape index (κ2) is 8.69. The Labute approximate surface area is 170 Å². The van der Waals surface area contributed by atoms with Gasteiger partial charge in [-0.3, -0.25) is 10.1 Å². The Balaban J connectivity index is 0.000000626. The molecule has 4 heterocycles. The summed E-state index contributed by atoms with van der Waals surface area (Å²) in [5, 5.41) is 11.0. The zero-order valence-corrected chi connectivity index (χ0v) is 16.5. The van der Waals surface area contributed by atoms with Crippen LogP contribution in [0.5, 0.6) is 0 Å². The molecule has 1 aromatic carbocycles. The van der Waals surface area contributed by atoms with Gasteiger partial charge in [0, 0.05) is 43.5 Å². The first-order chi connectivity index (χ1) is 14.1. The maximum atomic E-state index is 12.9. The zero-order chi connectivity index (χ0) is 20.2. The highest BCUT2D eigenvalue weighted by Crippen LogP contribution is 2.27. The van der Waals surface area contributed by atoms with Crippen LogP contribution in [0.15, 0.2) is 40.8 Å². The summed E-state index contributed by atoms with van der Waals surface area (Å²) >= 11 is 0. The lowest BCUT2D eigenvalue weighted by Gasteiger charge is -2.30. The second-order valence-corrected chi connectivity index (χ2v) is 7.80. The number of carbonyl (C=O) groups excluding carboxylic acids is 1. The van der Waals surface area contributed by atoms with Crippen molar-refractivity contribution in [2.75, 3.05) is 31.5 Å². The molecule has 0 radical (unpaired) electrons. The lowest BCUT2D eigenvalue weighted by Crippen LogP contribution is -2.41. The van der Waals surface area contributed by atoms with Gasteiger partial charge in [-0.15, -0.1) is 0 Å². The number of furan rings is 1. The van der Waals surface area contributed by atoms with E-state index in [-0.39, 0.29) is 5.91 Å². The normalized spacial score (nSPS) is 22.3. The highest BCUT2D eigenvalue weighted by molar-refractivity contribution is 5.92. The van der Waals surface area contributed by atoms with Crippen molar-refractivity contribution in [2.24, 2.45) is 0 Å². The Morgan fingerprint density at radius 2 is 1.62 bits per heavy atom. The van der Waals surface area contributed by atoms with Crippen LogP contribution in [-0.2, 0) is 0 Å². The van der Waals surface area contributed by atoms with E-state index in [1.165, 1.54) is 19.3 Å². The zero-order valence-electron chi connectivity index (χ0n) is 16.5. The fourth-order valence-corrected chi connectivity index (χ4v) is 3.74. The molecule has 2 amide bonds. The predicted octanol–water partition coefficient (Wildman–Crippen LogP) is 4.13. The average Bonchev–Trinajstić information content (AvgIpc) is 3.57. The van der Waals surface area contributed by atoms with Crippen LogP contribution in [0.4, 0.5) is 10.5 Å². The van der Waals surface area contributed by atoms with Crippen LogP contribution in [0.2, 0.25) is 0 Å². The first-order valence-corrected chi connectivity index (χ1v) is 10.3.